The van der Waals surface area contributed by atoms with E-state index in [2.05, 4.69) is 14.9 Å². The number of anilines is 2. The van der Waals surface area contributed by atoms with E-state index in [0.717, 1.165) is 26.1 Å². The van der Waals surface area contributed by atoms with Gasteiger partial charge in [0.15, 0.2) is 0 Å². The van der Waals surface area contributed by atoms with Gasteiger partial charge in [0, 0.05) is 31.0 Å². The molecule has 1 aromatic rings. The van der Waals surface area contributed by atoms with E-state index in [4.69, 9.17) is 0 Å². The molecule has 7 nitrogen and oxygen atoms in total. The largest absolute Gasteiger partial charge is 0.324 e. The zero-order valence-electron chi connectivity index (χ0n) is 16.0. The molecule has 1 aromatic carbocycles. The Hall–Kier alpha value is -1.80. The van der Waals surface area contributed by atoms with Crippen molar-refractivity contribution in [2.45, 2.75) is 32.6 Å². The Morgan fingerprint density at radius 2 is 1.78 bits per heavy atom. The van der Waals surface area contributed by atoms with Gasteiger partial charge in [0.1, 0.15) is 0 Å². The van der Waals surface area contributed by atoms with Crippen LogP contribution in [0.5, 0.6) is 0 Å². The zero-order valence-corrected chi connectivity index (χ0v) is 16.8. The summed E-state index contributed by atoms with van der Waals surface area (Å²) in [5, 5.41) is 2.91. The van der Waals surface area contributed by atoms with Gasteiger partial charge in [-0.15, -0.1) is 0 Å². The van der Waals surface area contributed by atoms with Crippen LogP contribution in [0.3, 0.4) is 0 Å². The summed E-state index contributed by atoms with van der Waals surface area (Å²) in [6.07, 6.45) is 4.21. The van der Waals surface area contributed by atoms with Crippen LogP contribution in [0, 0.1) is 5.92 Å². The van der Waals surface area contributed by atoms with E-state index >= 15 is 0 Å². The van der Waals surface area contributed by atoms with Gasteiger partial charge in [-0.3, -0.25) is 4.72 Å². The molecule has 2 aliphatic heterocycles. The van der Waals surface area contributed by atoms with Crippen LogP contribution in [-0.2, 0) is 10.0 Å². The maximum atomic E-state index is 12.5. The Labute approximate surface area is 162 Å². The van der Waals surface area contributed by atoms with Gasteiger partial charge in [-0.05, 0) is 69.0 Å². The molecular weight excluding hydrogens is 364 g/mol. The molecule has 2 amide bonds. The van der Waals surface area contributed by atoms with E-state index < -0.39 is 10.0 Å². The fraction of sp³-hybridized carbons (Fsp3) is 0.632. The lowest BCUT2D eigenvalue weighted by Crippen LogP contribution is -2.34. The van der Waals surface area contributed by atoms with Gasteiger partial charge >= 0.3 is 6.03 Å². The van der Waals surface area contributed by atoms with Crippen molar-refractivity contribution in [1.29, 1.82) is 0 Å². The van der Waals surface area contributed by atoms with Crippen molar-refractivity contribution in [3.8, 4) is 0 Å². The first-order valence-electron chi connectivity index (χ1n) is 9.84. The monoisotopic (exact) mass is 394 g/mol. The molecule has 0 spiro atoms. The van der Waals surface area contributed by atoms with Crippen LogP contribution in [-0.4, -0.2) is 62.7 Å². The number of carbonyl (C=O) groups excluding carboxylic acids is 1. The van der Waals surface area contributed by atoms with E-state index in [1.54, 1.807) is 24.3 Å². The normalized spacial score (nSPS) is 20.8. The topological polar surface area (TPSA) is 81.8 Å². The highest BCUT2D eigenvalue weighted by Gasteiger charge is 2.28. The minimum Gasteiger partial charge on any atom is -0.324 e. The quantitative estimate of drug-likeness (QED) is 0.745. The van der Waals surface area contributed by atoms with Crippen LogP contribution in [0.15, 0.2) is 24.3 Å². The summed E-state index contributed by atoms with van der Waals surface area (Å²) in [5.74, 6) is 0.656. The highest BCUT2D eigenvalue weighted by molar-refractivity contribution is 7.92. The number of nitrogens with one attached hydrogen (secondary N) is 2. The summed E-state index contributed by atoms with van der Waals surface area (Å²) in [6, 6.07) is 6.70. The van der Waals surface area contributed by atoms with Gasteiger partial charge in [-0.1, -0.05) is 6.92 Å². The average molecular weight is 395 g/mol. The Bertz CT molecular complexity index is 730. The Morgan fingerprint density at radius 3 is 2.44 bits per heavy atom. The zero-order chi connectivity index (χ0) is 19.3. The van der Waals surface area contributed by atoms with Gasteiger partial charge in [0.25, 0.3) is 0 Å². The van der Waals surface area contributed by atoms with E-state index in [1.807, 2.05) is 11.8 Å². The van der Waals surface area contributed by atoms with Gasteiger partial charge in [0.05, 0.1) is 5.75 Å². The molecule has 2 fully saturated rings. The van der Waals surface area contributed by atoms with Crippen molar-refractivity contribution in [2.75, 3.05) is 48.5 Å². The second kappa shape index (κ2) is 8.93. The first-order chi connectivity index (χ1) is 12.9. The fourth-order valence-corrected chi connectivity index (χ4v) is 4.95. The third-order valence-electron chi connectivity index (χ3n) is 5.17. The number of urea groups is 1. The van der Waals surface area contributed by atoms with E-state index in [1.165, 1.54) is 25.9 Å². The number of carbonyl (C=O) groups is 1. The van der Waals surface area contributed by atoms with Gasteiger partial charge in [-0.25, -0.2) is 13.2 Å². The molecular formula is C19H30N4O3S. The Kier molecular flexibility index (Phi) is 6.59. The van der Waals surface area contributed by atoms with Crippen molar-refractivity contribution in [1.82, 2.24) is 9.80 Å². The molecule has 0 radical (unpaired) electrons. The van der Waals surface area contributed by atoms with Gasteiger partial charge in [-0.2, -0.15) is 0 Å². The second-order valence-corrected chi connectivity index (χ2v) is 9.38. The molecule has 0 unspecified atom stereocenters. The van der Waals surface area contributed by atoms with Crippen LogP contribution >= 0.6 is 0 Å². The second-order valence-electron chi connectivity index (χ2n) is 7.54. The van der Waals surface area contributed by atoms with Crippen molar-refractivity contribution in [2.24, 2.45) is 5.92 Å². The molecule has 0 saturated carbocycles. The van der Waals surface area contributed by atoms with Crippen LogP contribution in [0.1, 0.15) is 32.6 Å². The highest BCUT2D eigenvalue weighted by Crippen LogP contribution is 2.21. The summed E-state index contributed by atoms with van der Waals surface area (Å²) in [6.45, 7) is 6.90. The molecule has 0 aliphatic carbocycles. The predicted molar refractivity (Wildman–Crippen MR) is 109 cm³/mol. The summed E-state index contributed by atoms with van der Waals surface area (Å²) >= 11 is 0. The number of hydrogen-bond donors (Lipinski definition) is 2. The minimum atomic E-state index is -3.30. The van der Waals surface area contributed by atoms with Gasteiger partial charge < -0.3 is 15.1 Å². The van der Waals surface area contributed by atoms with Crippen LogP contribution in [0.25, 0.3) is 0 Å². The molecule has 1 atom stereocenters. The lowest BCUT2D eigenvalue weighted by Gasteiger charge is -2.21. The molecule has 0 aromatic heterocycles. The number of benzene rings is 1. The maximum Gasteiger partial charge on any atom is 0.321 e. The van der Waals surface area contributed by atoms with Crippen LogP contribution < -0.4 is 10.0 Å². The number of rotatable bonds is 7. The first kappa shape index (κ1) is 19.9. The maximum absolute atomic E-state index is 12.5. The molecule has 2 N–H and O–H groups in total. The van der Waals surface area contributed by atoms with E-state index in [9.17, 15) is 13.2 Å². The molecule has 2 heterocycles. The summed E-state index contributed by atoms with van der Waals surface area (Å²) < 4.78 is 26.1. The third-order valence-corrected chi connectivity index (χ3v) is 6.66. The van der Waals surface area contributed by atoms with Crippen molar-refractivity contribution in [3.05, 3.63) is 24.3 Å². The number of sulfonamides is 1. The molecule has 2 saturated heterocycles. The standard InChI is InChI=1S/C19H30N4O3S/c1-2-13-27(25,26)21-18-7-5-17(6-8-18)20-19(24)23-12-9-16(15-23)14-22-10-3-4-11-22/h5-8,16,21H,2-4,9-15H2,1H3,(H,20,24)/t16-/m1/s1. The van der Waals surface area contributed by atoms with Crippen LogP contribution in [0.4, 0.5) is 16.2 Å². The number of likely N-dealkylation sites (tertiary alicyclic amines) is 2. The van der Waals surface area contributed by atoms with E-state index in [-0.39, 0.29) is 11.8 Å². The predicted octanol–water partition coefficient (Wildman–Crippen LogP) is 2.79. The summed E-state index contributed by atoms with van der Waals surface area (Å²) in [7, 11) is -3.30. The molecule has 150 valence electrons. The third kappa shape index (κ3) is 5.84. The number of amides is 2. The Morgan fingerprint density at radius 1 is 1.11 bits per heavy atom. The first-order valence-corrected chi connectivity index (χ1v) is 11.5. The molecule has 2 aliphatic rings. The van der Waals surface area contributed by atoms with E-state index in [0.29, 0.717) is 23.7 Å². The highest BCUT2D eigenvalue weighted by atomic mass is 32.2. The number of hydrogen-bond acceptors (Lipinski definition) is 4. The molecule has 3 rings (SSSR count). The summed E-state index contributed by atoms with van der Waals surface area (Å²) in [4.78, 5) is 16.9. The van der Waals surface area contributed by atoms with Crippen molar-refractivity contribution >= 4 is 27.4 Å². The average Bonchev–Trinajstić information content (AvgIpc) is 3.29. The Balaban J connectivity index is 1.48. The molecule has 27 heavy (non-hydrogen) atoms. The smallest absolute Gasteiger partial charge is 0.321 e. The number of nitrogens with zero attached hydrogens (tertiary/aromatic N) is 2. The SMILES string of the molecule is CCCS(=O)(=O)Nc1ccc(NC(=O)N2CC[C@H](CN3CCCC3)C2)cc1. The van der Waals surface area contributed by atoms with Crippen molar-refractivity contribution in [3.63, 3.8) is 0 Å². The van der Waals surface area contributed by atoms with Gasteiger partial charge in [0.2, 0.25) is 10.0 Å². The summed E-state index contributed by atoms with van der Waals surface area (Å²) in [5.41, 5.74) is 1.18. The molecule has 0 bridgehead atoms. The van der Waals surface area contributed by atoms with Crippen LogP contribution in [0.2, 0.25) is 0 Å². The molecule has 8 heteroatoms. The van der Waals surface area contributed by atoms with Crippen molar-refractivity contribution < 1.29 is 13.2 Å². The minimum absolute atomic E-state index is 0.0850. The lowest BCUT2D eigenvalue weighted by atomic mass is 10.1. The fourth-order valence-electron chi connectivity index (χ4n) is 3.82. The lowest BCUT2D eigenvalue weighted by molar-refractivity contribution is 0.217.